The van der Waals surface area contributed by atoms with E-state index < -0.39 is 0 Å². The van der Waals surface area contributed by atoms with Gasteiger partial charge in [-0.25, -0.2) is 0 Å². The van der Waals surface area contributed by atoms with E-state index in [2.05, 4.69) is 0 Å². The minimum Gasteiger partial charge on any atom is -0.493 e. The van der Waals surface area contributed by atoms with Crippen LogP contribution in [0.1, 0.15) is 50.1 Å². The van der Waals surface area contributed by atoms with Crippen LogP contribution in [0.25, 0.3) is 0 Å². The van der Waals surface area contributed by atoms with E-state index in [0.29, 0.717) is 17.2 Å². The Morgan fingerprint density at radius 1 is 1.00 bits per heavy atom. The molecule has 1 aliphatic rings. The van der Waals surface area contributed by atoms with Gasteiger partial charge in [0.25, 0.3) is 0 Å². The Balaban J connectivity index is 2.17. The van der Waals surface area contributed by atoms with Crippen molar-refractivity contribution in [1.82, 2.24) is 0 Å². The van der Waals surface area contributed by atoms with Gasteiger partial charge >= 0.3 is 0 Å². The van der Waals surface area contributed by atoms with Gasteiger partial charge in [-0.05, 0) is 30.0 Å². The third-order valence-electron chi connectivity index (χ3n) is 4.43. The fraction of sp³-hybridized carbons (Fsp3) is 0.647. The van der Waals surface area contributed by atoms with Crippen molar-refractivity contribution in [3.05, 3.63) is 17.7 Å². The summed E-state index contributed by atoms with van der Waals surface area (Å²) in [6.45, 7) is 0. The average Bonchev–Trinajstić information content (AvgIpc) is 2.54. The molecule has 1 saturated carbocycles. The Kier molecular flexibility index (Phi) is 5.74. The minimum atomic E-state index is 0.0156. The van der Waals surface area contributed by atoms with Crippen LogP contribution < -0.4 is 19.9 Å². The second kappa shape index (κ2) is 7.55. The second-order valence-electron chi connectivity index (χ2n) is 5.80. The lowest BCUT2D eigenvalue weighted by Crippen LogP contribution is -2.17. The molecular formula is C17H27NO3. The summed E-state index contributed by atoms with van der Waals surface area (Å²) in [4.78, 5) is 0. The zero-order chi connectivity index (χ0) is 15.2. The van der Waals surface area contributed by atoms with Crippen LogP contribution in [-0.2, 0) is 0 Å². The largest absolute Gasteiger partial charge is 0.493 e. The molecule has 21 heavy (non-hydrogen) atoms. The Labute approximate surface area is 127 Å². The van der Waals surface area contributed by atoms with Gasteiger partial charge in [0.1, 0.15) is 0 Å². The van der Waals surface area contributed by atoms with E-state index >= 15 is 0 Å². The molecule has 0 radical (unpaired) electrons. The molecule has 0 aliphatic heterocycles. The van der Waals surface area contributed by atoms with E-state index in [0.717, 1.165) is 17.9 Å². The average molecular weight is 293 g/mol. The van der Waals surface area contributed by atoms with E-state index in [-0.39, 0.29) is 6.04 Å². The van der Waals surface area contributed by atoms with Crippen LogP contribution in [0, 0.1) is 5.92 Å². The minimum absolute atomic E-state index is 0.0156. The van der Waals surface area contributed by atoms with Gasteiger partial charge in [0.2, 0.25) is 5.75 Å². The van der Waals surface area contributed by atoms with E-state index in [9.17, 15) is 0 Å². The normalized spacial score (nSPS) is 17.3. The third-order valence-corrected chi connectivity index (χ3v) is 4.43. The maximum Gasteiger partial charge on any atom is 0.203 e. The first kappa shape index (κ1) is 16.0. The van der Waals surface area contributed by atoms with Crippen LogP contribution in [-0.4, -0.2) is 21.3 Å². The molecule has 2 rings (SSSR count). The van der Waals surface area contributed by atoms with Gasteiger partial charge in [-0.3, -0.25) is 0 Å². The Hall–Kier alpha value is -1.42. The molecular weight excluding hydrogens is 266 g/mol. The quantitative estimate of drug-likeness (QED) is 0.869. The second-order valence-corrected chi connectivity index (χ2v) is 5.80. The first-order valence-electron chi connectivity index (χ1n) is 7.75. The summed E-state index contributed by atoms with van der Waals surface area (Å²) in [5.74, 6) is 2.71. The highest BCUT2D eigenvalue weighted by Crippen LogP contribution is 2.40. The third kappa shape index (κ3) is 3.82. The molecule has 4 nitrogen and oxygen atoms in total. The summed E-state index contributed by atoms with van der Waals surface area (Å²) < 4.78 is 16.2. The standard InChI is InChI=1S/C17H27NO3/c1-19-15-10-13(11-16(20-2)17(15)21-3)14(18)9-12-7-5-4-6-8-12/h10-12,14H,4-9,18H2,1-3H3. The van der Waals surface area contributed by atoms with E-state index in [4.69, 9.17) is 19.9 Å². The predicted octanol–water partition coefficient (Wildman–Crippen LogP) is 3.68. The highest BCUT2D eigenvalue weighted by Gasteiger charge is 2.21. The Bertz CT molecular complexity index is 430. The van der Waals surface area contributed by atoms with Crippen molar-refractivity contribution in [2.75, 3.05) is 21.3 Å². The molecule has 1 atom stereocenters. The van der Waals surface area contributed by atoms with Crippen molar-refractivity contribution in [3.63, 3.8) is 0 Å². The number of nitrogens with two attached hydrogens (primary N) is 1. The molecule has 1 aromatic rings. The maximum absolute atomic E-state index is 6.41. The zero-order valence-electron chi connectivity index (χ0n) is 13.4. The zero-order valence-corrected chi connectivity index (χ0v) is 13.4. The molecule has 0 bridgehead atoms. The molecule has 118 valence electrons. The molecule has 0 amide bonds. The molecule has 1 aromatic carbocycles. The molecule has 0 spiro atoms. The van der Waals surface area contributed by atoms with Crippen LogP contribution >= 0.6 is 0 Å². The highest BCUT2D eigenvalue weighted by molar-refractivity contribution is 5.54. The number of hydrogen-bond donors (Lipinski definition) is 1. The monoisotopic (exact) mass is 293 g/mol. The van der Waals surface area contributed by atoms with Crippen LogP contribution in [0.2, 0.25) is 0 Å². The number of ether oxygens (including phenoxy) is 3. The predicted molar refractivity (Wildman–Crippen MR) is 84.2 cm³/mol. The molecule has 0 heterocycles. The summed E-state index contributed by atoms with van der Waals surface area (Å²) in [6, 6.07) is 3.95. The van der Waals surface area contributed by atoms with Crippen molar-refractivity contribution in [2.24, 2.45) is 11.7 Å². The SMILES string of the molecule is COc1cc(C(N)CC2CCCCC2)cc(OC)c1OC. The molecule has 1 fully saturated rings. The van der Waals surface area contributed by atoms with Crippen molar-refractivity contribution >= 4 is 0 Å². The fourth-order valence-electron chi connectivity index (χ4n) is 3.23. The summed E-state index contributed by atoms with van der Waals surface area (Å²) in [5, 5.41) is 0. The fourth-order valence-corrected chi connectivity index (χ4v) is 3.23. The molecule has 1 unspecified atom stereocenters. The Morgan fingerprint density at radius 3 is 2.05 bits per heavy atom. The summed E-state index contributed by atoms with van der Waals surface area (Å²) >= 11 is 0. The molecule has 0 saturated heterocycles. The van der Waals surface area contributed by atoms with Gasteiger partial charge in [0.05, 0.1) is 21.3 Å². The van der Waals surface area contributed by atoms with Crippen LogP contribution in [0.4, 0.5) is 0 Å². The lowest BCUT2D eigenvalue weighted by atomic mass is 9.83. The van der Waals surface area contributed by atoms with E-state index in [1.807, 2.05) is 12.1 Å². The number of methoxy groups -OCH3 is 3. The van der Waals surface area contributed by atoms with Crippen LogP contribution in [0.5, 0.6) is 17.2 Å². The van der Waals surface area contributed by atoms with Gasteiger partial charge < -0.3 is 19.9 Å². The van der Waals surface area contributed by atoms with Gasteiger partial charge in [-0.15, -0.1) is 0 Å². The number of benzene rings is 1. The smallest absolute Gasteiger partial charge is 0.203 e. The van der Waals surface area contributed by atoms with Crippen LogP contribution in [0.15, 0.2) is 12.1 Å². The maximum atomic E-state index is 6.41. The lowest BCUT2D eigenvalue weighted by molar-refractivity contribution is 0.313. The molecule has 4 heteroatoms. The number of hydrogen-bond acceptors (Lipinski definition) is 4. The van der Waals surface area contributed by atoms with Gasteiger partial charge in [-0.2, -0.15) is 0 Å². The van der Waals surface area contributed by atoms with Gasteiger partial charge in [-0.1, -0.05) is 32.1 Å². The number of rotatable bonds is 6. The summed E-state index contributed by atoms with van der Waals surface area (Å²) in [5.41, 5.74) is 7.46. The summed E-state index contributed by atoms with van der Waals surface area (Å²) in [7, 11) is 4.88. The van der Waals surface area contributed by atoms with Crippen LogP contribution in [0.3, 0.4) is 0 Å². The van der Waals surface area contributed by atoms with Gasteiger partial charge in [0, 0.05) is 6.04 Å². The van der Waals surface area contributed by atoms with Crippen molar-refractivity contribution in [1.29, 1.82) is 0 Å². The first-order valence-corrected chi connectivity index (χ1v) is 7.75. The van der Waals surface area contributed by atoms with Crippen molar-refractivity contribution in [3.8, 4) is 17.2 Å². The topological polar surface area (TPSA) is 53.7 Å². The Morgan fingerprint density at radius 2 is 1.57 bits per heavy atom. The van der Waals surface area contributed by atoms with Crippen molar-refractivity contribution < 1.29 is 14.2 Å². The van der Waals surface area contributed by atoms with Gasteiger partial charge in [0.15, 0.2) is 11.5 Å². The lowest BCUT2D eigenvalue weighted by Gasteiger charge is -2.25. The molecule has 1 aliphatic carbocycles. The molecule has 0 aromatic heterocycles. The molecule has 2 N–H and O–H groups in total. The first-order chi connectivity index (χ1) is 10.2. The summed E-state index contributed by atoms with van der Waals surface area (Å²) in [6.07, 6.45) is 7.68. The highest BCUT2D eigenvalue weighted by atomic mass is 16.5. The van der Waals surface area contributed by atoms with E-state index in [1.165, 1.54) is 32.1 Å². The van der Waals surface area contributed by atoms with Crippen molar-refractivity contribution in [2.45, 2.75) is 44.6 Å². The van der Waals surface area contributed by atoms with E-state index in [1.54, 1.807) is 21.3 Å².